The summed E-state index contributed by atoms with van der Waals surface area (Å²) in [5, 5.41) is 18.3. The van der Waals surface area contributed by atoms with E-state index in [0.717, 1.165) is 0 Å². The van der Waals surface area contributed by atoms with Crippen LogP contribution in [0.1, 0.15) is 18.6 Å². The Hall–Kier alpha value is -1.13. The van der Waals surface area contributed by atoms with E-state index in [1.165, 1.54) is 13.0 Å². The SMILES string of the molecule is C[C@@H](O)c1c(F)cccc1N(C)CCO. The molecule has 15 heavy (non-hydrogen) atoms. The third-order valence-corrected chi connectivity index (χ3v) is 2.29. The number of halogens is 1. The quantitative estimate of drug-likeness (QED) is 0.792. The number of rotatable bonds is 4. The van der Waals surface area contributed by atoms with Crippen LogP contribution in [-0.2, 0) is 0 Å². The zero-order valence-corrected chi connectivity index (χ0v) is 8.94. The van der Waals surface area contributed by atoms with Gasteiger partial charge in [-0.1, -0.05) is 6.07 Å². The topological polar surface area (TPSA) is 43.7 Å². The van der Waals surface area contributed by atoms with E-state index >= 15 is 0 Å². The van der Waals surface area contributed by atoms with Crippen molar-refractivity contribution in [2.45, 2.75) is 13.0 Å². The smallest absolute Gasteiger partial charge is 0.131 e. The maximum absolute atomic E-state index is 13.5. The number of anilines is 1. The minimum Gasteiger partial charge on any atom is -0.395 e. The molecule has 0 bridgehead atoms. The van der Waals surface area contributed by atoms with Crippen LogP contribution in [0.5, 0.6) is 0 Å². The molecule has 3 nitrogen and oxygen atoms in total. The van der Waals surface area contributed by atoms with Crippen molar-refractivity contribution in [3.05, 3.63) is 29.6 Å². The molecule has 0 spiro atoms. The first-order valence-electron chi connectivity index (χ1n) is 4.86. The lowest BCUT2D eigenvalue weighted by molar-refractivity contribution is 0.194. The first kappa shape index (κ1) is 11.9. The highest BCUT2D eigenvalue weighted by Gasteiger charge is 2.15. The fourth-order valence-corrected chi connectivity index (χ4v) is 1.54. The van der Waals surface area contributed by atoms with Gasteiger partial charge in [0.05, 0.1) is 12.7 Å². The highest BCUT2D eigenvalue weighted by atomic mass is 19.1. The van der Waals surface area contributed by atoms with Gasteiger partial charge >= 0.3 is 0 Å². The average Bonchev–Trinajstić information content (AvgIpc) is 2.17. The Morgan fingerprint density at radius 2 is 2.13 bits per heavy atom. The van der Waals surface area contributed by atoms with Crippen molar-refractivity contribution >= 4 is 5.69 Å². The summed E-state index contributed by atoms with van der Waals surface area (Å²) in [5.41, 5.74) is 0.882. The first-order valence-corrected chi connectivity index (χ1v) is 4.86. The van der Waals surface area contributed by atoms with Crippen molar-refractivity contribution in [1.82, 2.24) is 0 Å². The van der Waals surface area contributed by atoms with Crippen molar-refractivity contribution < 1.29 is 14.6 Å². The van der Waals surface area contributed by atoms with Gasteiger partial charge in [-0.05, 0) is 19.1 Å². The van der Waals surface area contributed by atoms with Crippen molar-refractivity contribution in [3.63, 3.8) is 0 Å². The van der Waals surface area contributed by atoms with E-state index in [1.54, 1.807) is 24.1 Å². The highest BCUT2D eigenvalue weighted by Crippen LogP contribution is 2.27. The summed E-state index contributed by atoms with van der Waals surface area (Å²) < 4.78 is 13.5. The summed E-state index contributed by atoms with van der Waals surface area (Å²) in [4.78, 5) is 1.71. The average molecular weight is 213 g/mol. The van der Waals surface area contributed by atoms with Crippen molar-refractivity contribution in [1.29, 1.82) is 0 Å². The number of nitrogens with zero attached hydrogens (tertiary/aromatic N) is 1. The van der Waals surface area contributed by atoms with E-state index in [2.05, 4.69) is 0 Å². The fourth-order valence-electron chi connectivity index (χ4n) is 1.54. The Morgan fingerprint density at radius 1 is 1.47 bits per heavy atom. The number of hydrogen-bond donors (Lipinski definition) is 2. The zero-order chi connectivity index (χ0) is 11.4. The molecule has 0 heterocycles. The Bertz CT molecular complexity index is 328. The van der Waals surface area contributed by atoms with Gasteiger partial charge in [-0.3, -0.25) is 0 Å². The Morgan fingerprint density at radius 3 is 2.67 bits per heavy atom. The third-order valence-electron chi connectivity index (χ3n) is 2.29. The first-order chi connectivity index (χ1) is 7.07. The molecule has 2 N–H and O–H groups in total. The molecule has 1 aromatic carbocycles. The Kier molecular flexibility index (Phi) is 4.05. The van der Waals surface area contributed by atoms with Crippen LogP contribution in [0.25, 0.3) is 0 Å². The van der Waals surface area contributed by atoms with Gasteiger partial charge in [0.1, 0.15) is 5.82 Å². The minimum absolute atomic E-state index is 0.00768. The lowest BCUT2D eigenvalue weighted by atomic mass is 10.1. The summed E-state index contributed by atoms with van der Waals surface area (Å²) in [6.07, 6.45) is -0.859. The highest BCUT2D eigenvalue weighted by molar-refractivity contribution is 5.54. The lowest BCUT2D eigenvalue weighted by Gasteiger charge is -2.23. The molecule has 0 amide bonds. The molecule has 0 aliphatic heterocycles. The molecular formula is C11H16FNO2. The van der Waals surface area contributed by atoms with Gasteiger partial charge in [-0.15, -0.1) is 0 Å². The van der Waals surface area contributed by atoms with Gasteiger partial charge < -0.3 is 15.1 Å². The molecule has 84 valence electrons. The summed E-state index contributed by atoms with van der Waals surface area (Å²) >= 11 is 0. The van der Waals surface area contributed by atoms with E-state index < -0.39 is 11.9 Å². The Labute approximate surface area is 88.8 Å². The van der Waals surface area contributed by atoms with E-state index in [4.69, 9.17) is 5.11 Å². The number of likely N-dealkylation sites (N-methyl/N-ethyl adjacent to an activating group) is 1. The monoisotopic (exact) mass is 213 g/mol. The maximum Gasteiger partial charge on any atom is 0.131 e. The minimum atomic E-state index is -0.859. The fraction of sp³-hybridized carbons (Fsp3) is 0.455. The van der Waals surface area contributed by atoms with Crippen LogP contribution in [0, 0.1) is 5.82 Å². The van der Waals surface area contributed by atoms with Gasteiger partial charge in [0.25, 0.3) is 0 Å². The van der Waals surface area contributed by atoms with E-state index in [9.17, 15) is 9.50 Å². The van der Waals surface area contributed by atoms with Gasteiger partial charge in [-0.25, -0.2) is 4.39 Å². The molecule has 4 heteroatoms. The Balaban J connectivity index is 3.10. The van der Waals surface area contributed by atoms with E-state index in [0.29, 0.717) is 12.2 Å². The lowest BCUT2D eigenvalue weighted by Crippen LogP contribution is -2.23. The van der Waals surface area contributed by atoms with Crippen LogP contribution in [0.3, 0.4) is 0 Å². The molecule has 0 radical (unpaired) electrons. The summed E-state index contributed by atoms with van der Waals surface area (Å²) in [5.74, 6) is -0.424. The van der Waals surface area contributed by atoms with E-state index in [1.807, 2.05) is 0 Å². The van der Waals surface area contributed by atoms with Crippen molar-refractivity contribution in [2.75, 3.05) is 25.1 Å². The molecule has 0 aromatic heterocycles. The zero-order valence-electron chi connectivity index (χ0n) is 8.94. The van der Waals surface area contributed by atoms with Gasteiger partial charge in [-0.2, -0.15) is 0 Å². The molecule has 1 rings (SSSR count). The molecule has 0 saturated carbocycles. The number of aliphatic hydroxyl groups excluding tert-OH is 2. The summed E-state index contributed by atoms with van der Waals surface area (Å²) in [7, 11) is 1.75. The molecule has 0 aliphatic rings. The molecule has 0 saturated heterocycles. The molecule has 0 aliphatic carbocycles. The van der Waals surface area contributed by atoms with Crippen LogP contribution < -0.4 is 4.90 Å². The second-order valence-corrected chi connectivity index (χ2v) is 3.49. The second-order valence-electron chi connectivity index (χ2n) is 3.49. The van der Waals surface area contributed by atoms with Crippen molar-refractivity contribution in [3.8, 4) is 0 Å². The second kappa shape index (κ2) is 5.09. The molecular weight excluding hydrogens is 197 g/mol. The van der Waals surface area contributed by atoms with Gasteiger partial charge in [0.15, 0.2) is 0 Å². The predicted molar refractivity (Wildman–Crippen MR) is 57.4 cm³/mol. The normalized spacial score (nSPS) is 12.6. The molecule has 0 fully saturated rings. The molecule has 1 atom stereocenters. The van der Waals surface area contributed by atoms with Crippen molar-refractivity contribution in [2.24, 2.45) is 0 Å². The number of benzene rings is 1. The van der Waals surface area contributed by atoms with Crippen LogP contribution in [-0.4, -0.2) is 30.4 Å². The standard InChI is InChI=1S/C11H16FNO2/c1-8(15)11-9(12)4-3-5-10(11)13(2)6-7-14/h3-5,8,14-15H,6-7H2,1-2H3/t8-/m1/s1. The molecule has 1 aromatic rings. The largest absolute Gasteiger partial charge is 0.395 e. The number of aliphatic hydroxyl groups is 2. The van der Waals surface area contributed by atoms with Crippen LogP contribution in [0.15, 0.2) is 18.2 Å². The summed E-state index contributed by atoms with van der Waals surface area (Å²) in [6.45, 7) is 1.92. The predicted octanol–water partition coefficient (Wildman–Crippen LogP) is 1.31. The van der Waals surface area contributed by atoms with E-state index in [-0.39, 0.29) is 12.2 Å². The maximum atomic E-state index is 13.5. The van der Waals surface area contributed by atoms with Crippen LogP contribution >= 0.6 is 0 Å². The van der Waals surface area contributed by atoms with Crippen LogP contribution in [0.4, 0.5) is 10.1 Å². The third kappa shape index (κ3) is 2.67. The van der Waals surface area contributed by atoms with Gasteiger partial charge in [0, 0.05) is 24.8 Å². The summed E-state index contributed by atoms with van der Waals surface area (Å²) in [6, 6.07) is 4.63. The van der Waals surface area contributed by atoms with Crippen LogP contribution in [0.2, 0.25) is 0 Å². The molecule has 0 unspecified atom stereocenters. The number of hydrogen-bond acceptors (Lipinski definition) is 3. The van der Waals surface area contributed by atoms with Gasteiger partial charge in [0.2, 0.25) is 0 Å².